The fourth-order valence-electron chi connectivity index (χ4n) is 4.41. The topological polar surface area (TPSA) is 18.5 Å². The third-order valence-corrected chi connectivity index (χ3v) is 9.13. The molecule has 0 saturated heterocycles. The molecular weight excluding hydrogens is 457 g/mol. The van der Waals surface area contributed by atoms with Crippen molar-refractivity contribution in [1.82, 2.24) is 0 Å². The second-order valence-corrected chi connectivity index (χ2v) is 11.9. The summed E-state index contributed by atoms with van der Waals surface area (Å²) >= 11 is 0.422. The van der Waals surface area contributed by atoms with Gasteiger partial charge in [0.15, 0.2) is 0 Å². The normalized spacial score (nSPS) is 19.1. The number of hydrogen-bond acceptors (Lipinski definition) is 2. The molecule has 3 rings (SSSR count). The van der Waals surface area contributed by atoms with Crippen LogP contribution in [0.4, 0.5) is 0 Å². The SMILES string of the molecule is COc1ccc(P(C2CCCCC2)C2CCCCC2)c(OC)c1.[CH3][Pd][Cl]. The van der Waals surface area contributed by atoms with E-state index in [1.54, 1.807) is 7.11 Å². The van der Waals surface area contributed by atoms with Crippen molar-refractivity contribution in [3.05, 3.63) is 18.2 Å². The third-order valence-electron chi connectivity index (χ3n) is 5.60. The number of rotatable bonds is 5. The molecule has 0 atom stereocenters. The summed E-state index contributed by atoms with van der Waals surface area (Å²) in [7, 11) is 8.48. The molecule has 1 aromatic carbocycles. The van der Waals surface area contributed by atoms with Crippen LogP contribution in [0.15, 0.2) is 18.2 Å². The molecule has 0 spiro atoms. The molecule has 0 N–H and O–H groups in total. The Balaban J connectivity index is 0.000000758. The minimum absolute atomic E-state index is 0.117. The van der Waals surface area contributed by atoms with E-state index in [1.807, 2.05) is 12.5 Å². The number of hydrogen-bond donors (Lipinski definition) is 0. The maximum absolute atomic E-state index is 5.79. The average molecular weight is 491 g/mol. The molecular formula is C21H34ClO2PPd. The van der Waals surface area contributed by atoms with Crippen LogP contribution in [-0.2, 0) is 17.0 Å². The molecule has 5 heteroatoms. The Labute approximate surface area is 173 Å². The van der Waals surface area contributed by atoms with E-state index < -0.39 is 0 Å². The molecule has 152 valence electrons. The van der Waals surface area contributed by atoms with Crippen molar-refractivity contribution in [3.8, 4) is 11.5 Å². The summed E-state index contributed by atoms with van der Waals surface area (Å²) in [5, 5.41) is 3.44. The second kappa shape index (κ2) is 12.6. The van der Waals surface area contributed by atoms with E-state index in [4.69, 9.17) is 19.0 Å². The first-order valence-corrected chi connectivity index (χ1v) is 14.8. The van der Waals surface area contributed by atoms with Crippen molar-refractivity contribution >= 4 is 22.8 Å². The van der Waals surface area contributed by atoms with Crippen molar-refractivity contribution < 1.29 is 26.4 Å². The van der Waals surface area contributed by atoms with Gasteiger partial charge in [-0.2, -0.15) is 0 Å². The summed E-state index contributed by atoms with van der Waals surface area (Å²) in [6, 6.07) is 6.54. The van der Waals surface area contributed by atoms with Crippen molar-refractivity contribution in [2.75, 3.05) is 14.2 Å². The fourth-order valence-corrected chi connectivity index (χ4v) is 8.29. The van der Waals surface area contributed by atoms with Crippen LogP contribution in [0.3, 0.4) is 0 Å². The molecule has 2 aliphatic carbocycles. The Kier molecular flexibility index (Phi) is 10.9. The van der Waals surface area contributed by atoms with Crippen LogP contribution < -0.4 is 14.8 Å². The molecule has 0 amide bonds. The number of benzene rings is 1. The standard InChI is InChI=1S/C20H31O2P.CH3.ClH.Pd/c1-21-16-13-14-20(19(15-16)22-2)23(17-9-5-3-6-10-17)18-11-7-4-8-12-18;;;/h13-15,17-18H,3-12H2,1-2H3;1H3;1H;/q;;;+1/p-1. The van der Waals surface area contributed by atoms with Crippen LogP contribution in [0.1, 0.15) is 64.2 Å². The second-order valence-electron chi connectivity index (χ2n) is 7.15. The molecule has 1 aromatic rings. The van der Waals surface area contributed by atoms with Crippen LogP contribution in [0.5, 0.6) is 11.5 Å². The van der Waals surface area contributed by atoms with E-state index in [0.717, 1.165) is 22.8 Å². The van der Waals surface area contributed by atoms with Gasteiger partial charge in [0.25, 0.3) is 0 Å². The van der Waals surface area contributed by atoms with Gasteiger partial charge in [0.05, 0.1) is 14.2 Å². The van der Waals surface area contributed by atoms with Gasteiger partial charge < -0.3 is 9.47 Å². The van der Waals surface area contributed by atoms with Crippen LogP contribution in [0.2, 0.25) is 5.40 Å². The van der Waals surface area contributed by atoms with Crippen molar-refractivity contribution in [1.29, 1.82) is 0 Å². The zero-order valence-electron chi connectivity index (χ0n) is 16.4. The molecule has 2 nitrogen and oxygen atoms in total. The Hall–Kier alpha value is 0.202. The van der Waals surface area contributed by atoms with E-state index in [0.29, 0.717) is 17.0 Å². The minimum atomic E-state index is -0.117. The zero-order chi connectivity index (χ0) is 18.8. The van der Waals surface area contributed by atoms with E-state index in [2.05, 4.69) is 18.2 Å². The third kappa shape index (κ3) is 6.38. The van der Waals surface area contributed by atoms with Crippen LogP contribution in [0.25, 0.3) is 0 Å². The summed E-state index contributed by atoms with van der Waals surface area (Å²) in [6.07, 6.45) is 14.3. The summed E-state index contributed by atoms with van der Waals surface area (Å²) < 4.78 is 11.2. The first kappa shape index (κ1) is 22.5. The van der Waals surface area contributed by atoms with Gasteiger partial charge in [0, 0.05) is 11.4 Å². The van der Waals surface area contributed by atoms with Gasteiger partial charge in [-0.25, -0.2) is 0 Å². The molecule has 2 aliphatic rings. The number of ether oxygens (including phenoxy) is 2. The molecule has 0 heterocycles. The molecule has 0 unspecified atom stereocenters. The fraction of sp³-hybridized carbons (Fsp3) is 0.714. The average Bonchev–Trinajstić information content (AvgIpc) is 2.70. The van der Waals surface area contributed by atoms with Gasteiger partial charge in [-0.15, -0.1) is 0 Å². The van der Waals surface area contributed by atoms with E-state index in [-0.39, 0.29) is 7.92 Å². The van der Waals surface area contributed by atoms with Crippen molar-refractivity contribution in [2.24, 2.45) is 0 Å². The Morgan fingerprint density at radius 1 is 0.885 bits per heavy atom. The first-order valence-electron chi connectivity index (χ1n) is 9.77. The molecule has 0 bridgehead atoms. The van der Waals surface area contributed by atoms with E-state index >= 15 is 0 Å². The van der Waals surface area contributed by atoms with Crippen molar-refractivity contribution in [2.45, 2.75) is 80.9 Å². The van der Waals surface area contributed by atoms with Crippen LogP contribution in [-0.4, -0.2) is 25.5 Å². The molecule has 26 heavy (non-hydrogen) atoms. The summed E-state index contributed by atoms with van der Waals surface area (Å²) in [5.41, 5.74) is 1.81. The van der Waals surface area contributed by atoms with Gasteiger partial charge in [-0.05, 0) is 49.1 Å². The monoisotopic (exact) mass is 490 g/mol. The van der Waals surface area contributed by atoms with Gasteiger partial charge >= 0.3 is 31.9 Å². The molecule has 0 aliphatic heterocycles. The molecule has 2 fully saturated rings. The van der Waals surface area contributed by atoms with Gasteiger partial charge in [0.1, 0.15) is 11.5 Å². The number of methoxy groups -OCH3 is 2. The summed E-state index contributed by atoms with van der Waals surface area (Å²) in [4.78, 5) is 0. The predicted octanol–water partition coefficient (Wildman–Crippen LogP) is 6.75. The molecule has 2 saturated carbocycles. The number of halogens is 1. The summed E-state index contributed by atoms with van der Waals surface area (Å²) in [5.74, 6) is 1.97. The van der Waals surface area contributed by atoms with E-state index in [1.165, 1.54) is 69.5 Å². The molecule has 0 radical (unpaired) electrons. The van der Waals surface area contributed by atoms with E-state index in [9.17, 15) is 0 Å². The predicted molar refractivity (Wildman–Crippen MR) is 112 cm³/mol. The first-order chi connectivity index (χ1) is 12.7. The summed E-state index contributed by atoms with van der Waals surface area (Å²) in [6.45, 7) is 0. The Morgan fingerprint density at radius 2 is 1.38 bits per heavy atom. The Bertz CT molecular complexity index is 499. The Morgan fingerprint density at radius 3 is 1.81 bits per heavy atom. The maximum atomic E-state index is 5.79. The molecule has 0 aromatic heterocycles. The van der Waals surface area contributed by atoms with Crippen molar-refractivity contribution in [3.63, 3.8) is 0 Å². The zero-order valence-corrected chi connectivity index (χ0v) is 19.6. The quantitative estimate of drug-likeness (QED) is 0.335. The van der Waals surface area contributed by atoms with Gasteiger partial charge in [-0.1, -0.05) is 46.4 Å². The van der Waals surface area contributed by atoms with Crippen LogP contribution >= 0.6 is 17.5 Å². The van der Waals surface area contributed by atoms with Gasteiger partial charge in [-0.3, -0.25) is 0 Å². The van der Waals surface area contributed by atoms with Gasteiger partial charge in [0.2, 0.25) is 0 Å². The van der Waals surface area contributed by atoms with Crippen LogP contribution in [0, 0.1) is 0 Å².